The molecule has 0 aliphatic heterocycles. The summed E-state index contributed by atoms with van der Waals surface area (Å²) in [6.45, 7) is 4.59. The van der Waals surface area contributed by atoms with Gasteiger partial charge in [-0.05, 0) is 43.2 Å². The van der Waals surface area contributed by atoms with Crippen molar-refractivity contribution in [1.82, 2.24) is 0 Å². The maximum absolute atomic E-state index is 11.4. The Bertz CT molecular complexity index is 501. The van der Waals surface area contributed by atoms with Crippen LogP contribution in [-0.2, 0) is 0 Å². The minimum atomic E-state index is -0.921. The molecule has 0 bridgehead atoms. The Labute approximate surface area is 120 Å². The van der Waals surface area contributed by atoms with Crippen molar-refractivity contribution in [1.29, 1.82) is 0 Å². The van der Waals surface area contributed by atoms with E-state index in [-0.39, 0.29) is 5.56 Å². The smallest absolute Gasteiger partial charge is 0.337 e. The van der Waals surface area contributed by atoms with E-state index in [9.17, 15) is 9.90 Å². The van der Waals surface area contributed by atoms with Gasteiger partial charge in [-0.2, -0.15) is 0 Å². The fourth-order valence-corrected chi connectivity index (χ4v) is 3.08. The van der Waals surface area contributed by atoms with Crippen LogP contribution in [0.2, 0.25) is 0 Å². The van der Waals surface area contributed by atoms with Gasteiger partial charge in [0.25, 0.3) is 0 Å². The molecule has 110 valence electrons. The Morgan fingerprint density at radius 2 is 1.95 bits per heavy atom. The number of nitrogens with zero attached hydrogens (tertiary/aromatic N) is 1. The lowest BCUT2D eigenvalue weighted by Gasteiger charge is -2.40. The van der Waals surface area contributed by atoms with Crippen LogP contribution in [0.25, 0.3) is 0 Å². The van der Waals surface area contributed by atoms with Crippen LogP contribution in [0.5, 0.6) is 0 Å². The average Bonchev–Trinajstić information content (AvgIpc) is 2.37. The minimum absolute atomic E-state index is 0.289. The van der Waals surface area contributed by atoms with Gasteiger partial charge in [-0.3, -0.25) is 0 Å². The lowest BCUT2D eigenvalue weighted by molar-refractivity contribution is 0.0697. The van der Waals surface area contributed by atoms with E-state index in [4.69, 9.17) is 5.73 Å². The summed E-state index contributed by atoms with van der Waals surface area (Å²) in [5.74, 6) is -0.921. The van der Waals surface area contributed by atoms with Gasteiger partial charge in [-0.25, -0.2) is 4.79 Å². The van der Waals surface area contributed by atoms with Gasteiger partial charge < -0.3 is 15.7 Å². The standard InChI is InChI=1S/C16H24N2O2/c1-16(2)9-7-11(8-10-16)18(3)14-12(15(19)20)5-4-6-13(14)17/h4-6,11H,7-10,17H2,1-3H3,(H,19,20). The van der Waals surface area contributed by atoms with Crippen molar-refractivity contribution in [2.75, 3.05) is 17.7 Å². The summed E-state index contributed by atoms with van der Waals surface area (Å²) in [5.41, 5.74) is 7.90. The number of anilines is 2. The number of nitrogen functional groups attached to an aromatic ring is 1. The van der Waals surface area contributed by atoms with Gasteiger partial charge in [0.2, 0.25) is 0 Å². The van der Waals surface area contributed by atoms with Crippen molar-refractivity contribution < 1.29 is 9.90 Å². The number of para-hydroxylation sites is 1. The summed E-state index contributed by atoms with van der Waals surface area (Å²) in [5, 5.41) is 9.34. The minimum Gasteiger partial charge on any atom is -0.478 e. The summed E-state index contributed by atoms with van der Waals surface area (Å²) < 4.78 is 0. The van der Waals surface area contributed by atoms with E-state index in [1.807, 2.05) is 7.05 Å². The maximum atomic E-state index is 11.4. The van der Waals surface area contributed by atoms with Gasteiger partial charge in [0.05, 0.1) is 16.9 Å². The number of hydrogen-bond acceptors (Lipinski definition) is 3. The Morgan fingerprint density at radius 1 is 1.35 bits per heavy atom. The lowest BCUT2D eigenvalue weighted by Crippen LogP contribution is -2.38. The molecule has 0 atom stereocenters. The quantitative estimate of drug-likeness (QED) is 0.831. The first-order chi connectivity index (χ1) is 9.32. The number of nitrogens with two attached hydrogens (primary N) is 1. The molecule has 1 aromatic rings. The van der Waals surface area contributed by atoms with E-state index >= 15 is 0 Å². The monoisotopic (exact) mass is 276 g/mol. The molecule has 0 radical (unpaired) electrons. The molecule has 4 nitrogen and oxygen atoms in total. The molecule has 0 unspecified atom stereocenters. The van der Waals surface area contributed by atoms with E-state index in [1.54, 1.807) is 18.2 Å². The zero-order valence-corrected chi connectivity index (χ0v) is 12.5. The van der Waals surface area contributed by atoms with Gasteiger partial charge in [0, 0.05) is 13.1 Å². The third-order valence-corrected chi connectivity index (χ3v) is 4.51. The van der Waals surface area contributed by atoms with Crippen molar-refractivity contribution in [2.45, 2.75) is 45.6 Å². The zero-order chi connectivity index (χ0) is 14.9. The molecule has 1 aliphatic rings. The van der Waals surface area contributed by atoms with Crippen LogP contribution in [0.15, 0.2) is 18.2 Å². The molecule has 0 aromatic heterocycles. The summed E-state index contributed by atoms with van der Waals surface area (Å²) in [7, 11) is 1.96. The van der Waals surface area contributed by atoms with Crippen LogP contribution >= 0.6 is 0 Å². The molecule has 0 spiro atoms. The van der Waals surface area contributed by atoms with Crippen LogP contribution in [0.4, 0.5) is 11.4 Å². The van der Waals surface area contributed by atoms with Gasteiger partial charge in [-0.1, -0.05) is 19.9 Å². The topological polar surface area (TPSA) is 66.6 Å². The highest BCUT2D eigenvalue weighted by Gasteiger charge is 2.30. The molecule has 1 saturated carbocycles. The van der Waals surface area contributed by atoms with Crippen LogP contribution in [0.1, 0.15) is 49.9 Å². The normalized spacial score (nSPS) is 18.8. The highest BCUT2D eigenvalue weighted by molar-refractivity contribution is 5.98. The van der Waals surface area contributed by atoms with Crippen LogP contribution in [0.3, 0.4) is 0 Å². The molecular formula is C16H24N2O2. The fourth-order valence-electron chi connectivity index (χ4n) is 3.08. The van der Waals surface area contributed by atoms with Crippen molar-refractivity contribution in [2.24, 2.45) is 5.41 Å². The Morgan fingerprint density at radius 3 is 2.50 bits per heavy atom. The molecular weight excluding hydrogens is 252 g/mol. The third kappa shape index (κ3) is 2.89. The summed E-state index contributed by atoms with van der Waals surface area (Å²) in [6, 6.07) is 5.45. The van der Waals surface area contributed by atoms with Crippen molar-refractivity contribution in [3.05, 3.63) is 23.8 Å². The molecule has 4 heteroatoms. The Balaban J connectivity index is 2.26. The summed E-state index contributed by atoms with van der Waals surface area (Å²) >= 11 is 0. The van der Waals surface area contributed by atoms with E-state index in [0.29, 0.717) is 22.8 Å². The van der Waals surface area contributed by atoms with Crippen LogP contribution < -0.4 is 10.6 Å². The van der Waals surface area contributed by atoms with Gasteiger partial charge in [-0.15, -0.1) is 0 Å². The number of carboxylic acids is 1. The molecule has 0 heterocycles. The molecule has 1 fully saturated rings. The van der Waals surface area contributed by atoms with Crippen molar-refractivity contribution >= 4 is 17.3 Å². The largest absolute Gasteiger partial charge is 0.478 e. The first-order valence-electron chi connectivity index (χ1n) is 7.16. The van der Waals surface area contributed by atoms with E-state index < -0.39 is 5.97 Å². The fraction of sp³-hybridized carbons (Fsp3) is 0.562. The number of hydrogen-bond donors (Lipinski definition) is 2. The predicted molar refractivity (Wildman–Crippen MR) is 82.3 cm³/mol. The highest BCUT2D eigenvalue weighted by Crippen LogP contribution is 2.39. The van der Waals surface area contributed by atoms with Crippen LogP contribution in [0, 0.1) is 5.41 Å². The molecule has 1 aromatic carbocycles. The first kappa shape index (κ1) is 14.7. The lowest BCUT2D eigenvalue weighted by atomic mass is 9.75. The molecule has 1 aliphatic carbocycles. The molecule has 2 rings (SSSR count). The Hall–Kier alpha value is -1.71. The van der Waals surface area contributed by atoms with Crippen molar-refractivity contribution in [3.8, 4) is 0 Å². The van der Waals surface area contributed by atoms with Gasteiger partial charge in [0.15, 0.2) is 0 Å². The van der Waals surface area contributed by atoms with Crippen LogP contribution in [-0.4, -0.2) is 24.2 Å². The maximum Gasteiger partial charge on any atom is 0.337 e. The molecule has 3 N–H and O–H groups in total. The third-order valence-electron chi connectivity index (χ3n) is 4.51. The number of rotatable bonds is 3. The highest BCUT2D eigenvalue weighted by atomic mass is 16.4. The second kappa shape index (κ2) is 5.35. The van der Waals surface area contributed by atoms with E-state index in [0.717, 1.165) is 25.7 Å². The summed E-state index contributed by atoms with van der Waals surface area (Å²) in [6.07, 6.45) is 4.49. The number of benzene rings is 1. The zero-order valence-electron chi connectivity index (χ0n) is 12.5. The van der Waals surface area contributed by atoms with E-state index in [1.165, 1.54) is 0 Å². The Kier molecular flexibility index (Phi) is 3.93. The molecule has 0 saturated heterocycles. The van der Waals surface area contributed by atoms with Gasteiger partial charge in [0.1, 0.15) is 0 Å². The van der Waals surface area contributed by atoms with Crippen molar-refractivity contribution in [3.63, 3.8) is 0 Å². The molecule has 20 heavy (non-hydrogen) atoms. The number of carbonyl (C=O) groups is 1. The predicted octanol–water partition coefficient (Wildman–Crippen LogP) is 3.37. The average molecular weight is 276 g/mol. The second-order valence-corrected chi connectivity index (χ2v) is 6.55. The van der Waals surface area contributed by atoms with Gasteiger partial charge >= 0.3 is 5.97 Å². The summed E-state index contributed by atoms with van der Waals surface area (Å²) in [4.78, 5) is 13.4. The number of carboxylic acid groups (broad SMARTS) is 1. The SMILES string of the molecule is CN(c1c(N)cccc1C(=O)O)C1CCC(C)(C)CC1. The first-order valence-corrected chi connectivity index (χ1v) is 7.16. The second-order valence-electron chi connectivity index (χ2n) is 6.55. The number of aromatic carboxylic acids is 1. The van der Waals surface area contributed by atoms with E-state index in [2.05, 4.69) is 18.7 Å². The molecule has 0 amide bonds.